The fraction of sp³-hybridized carbons (Fsp3) is 0.976. The van der Waals surface area contributed by atoms with Gasteiger partial charge in [-0.1, -0.05) is 458 Å². The van der Waals surface area contributed by atoms with Crippen molar-refractivity contribution in [2.75, 3.05) is 6.61 Å². The van der Waals surface area contributed by atoms with Crippen molar-refractivity contribution in [1.29, 1.82) is 0 Å². The first-order chi connectivity index (χ1) is 43.5. The normalized spacial score (nSPS) is 11.8. The second-order valence-electron chi connectivity index (χ2n) is 28.7. The number of carbonyl (C=O) groups is 2. The van der Waals surface area contributed by atoms with Gasteiger partial charge in [-0.15, -0.1) is 0 Å². The second-order valence-corrected chi connectivity index (χ2v) is 28.7. The van der Waals surface area contributed by atoms with Crippen molar-refractivity contribution in [3.63, 3.8) is 0 Å². The average Bonchev–Trinajstić information content (AvgIpc) is 3.55. The molecule has 0 saturated carbocycles. The first-order valence-corrected chi connectivity index (χ1v) is 41.9. The maximum Gasteiger partial charge on any atom is 0.306 e. The van der Waals surface area contributed by atoms with Crippen LogP contribution in [0.25, 0.3) is 0 Å². The highest BCUT2D eigenvalue weighted by Crippen LogP contribution is 2.22. The molecule has 88 heavy (non-hydrogen) atoms. The predicted octanol–water partition coefficient (Wildman–Crippen LogP) is 30.8. The first kappa shape index (κ1) is 89.0. The average molecular weight is 1240 g/mol. The molecule has 4 heteroatoms. The number of unbranched alkanes of at least 4 members (excludes halogenated alkanes) is 66. The summed E-state index contributed by atoms with van der Waals surface area (Å²) in [6.07, 6.45) is 101. The molecule has 0 aliphatic heterocycles. The third-order valence-electron chi connectivity index (χ3n) is 19.5. The summed E-state index contributed by atoms with van der Waals surface area (Å²) in [4.78, 5) is 24.5. The van der Waals surface area contributed by atoms with Gasteiger partial charge in [-0.2, -0.15) is 0 Å². The molecule has 0 heterocycles. The zero-order valence-electron chi connectivity index (χ0n) is 62.0. The minimum Gasteiger partial charge on any atom is -0.466 e. The predicted molar refractivity (Wildman–Crippen MR) is 395 cm³/mol. The van der Waals surface area contributed by atoms with Crippen LogP contribution in [0.4, 0.5) is 0 Å². The van der Waals surface area contributed by atoms with Crippen LogP contribution in [0.1, 0.15) is 516 Å². The van der Waals surface area contributed by atoms with Gasteiger partial charge in [0.2, 0.25) is 0 Å². The smallest absolute Gasteiger partial charge is 0.306 e. The lowest BCUT2D eigenvalue weighted by molar-refractivity contribution is -0.150. The molecule has 4 nitrogen and oxygen atoms in total. The lowest BCUT2D eigenvalue weighted by Gasteiger charge is -2.18. The topological polar surface area (TPSA) is 52.6 Å². The second kappa shape index (κ2) is 84.0. The van der Waals surface area contributed by atoms with Gasteiger partial charge < -0.3 is 9.47 Å². The Hall–Kier alpha value is -1.06. The monoisotopic (exact) mass is 1240 g/mol. The minimum absolute atomic E-state index is 0.0132. The van der Waals surface area contributed by atoms with Crippen LogP contribution in [0, 0.1) is 0 Å². The van der Waals surface area contributed by atoms with Gasteiger partial charge in [0.15, 0.2) is 0 Å². The first-order valence-electron chi connectivity index (χ1n) is 41.9. The van der Waals surface area contributed by atoms with Crippen molar-refractivity contribution in [1.82, 2.24) is 0 Å². The summed E-state index contributed by atoms with van der Waals surface area (Å²) in [5.41, 5.74) is 0. The molecule has 528 valence electrons. The number of hydrogen-bond acceptors (Lipinski definition) is 4. The van der Waals surface area contributed by atoms with E-state index in [0.29, 0.717) is 19.4 Å². The Morgan fingerprint density at radius 3 is 0.557 bits per heavy atom. The molecule has 1 unspecified atom stereocenters. The summed E-state index contributed by atoms with van der Waals surface area (Å²) in [6.45, 7) is 12.1. The van der Waals surface area contributed by atoms with E-state index in [4.69, 9.17) is 9.47 Å². The van der Waals surface area contributed by atoms with Gasteiger partial charge in [-0.3, -0.25) is 9.59 Å². The van der Waals surface area contributed by atoms with Gasteiger partial charge in [0, 0.05) is 12.8 Å². The Morgan fingerprint density at radius 1 is 0.193 bits per heavy atom. The number of esters is 2. The minimum atomic E-state index is 0.0132. The lowest BCUT2D eigenvalue weighted by Crippen LogP contribution is -2.18. The van der Waals surface area contributed by atoms with E-state index in [1.165, 1.54) is 437 Å². The molecule has 0 bridgehead atoms. The van der Waals surface area contributed by atoms with Gasteiger partial charge in [0.25, 0.3) is 0 Å². The van der Waals surface area contributed by atoms with E-state index in [0.717, 1.165) is 32.1 Å². The van der Waals surface area contributed by atoms with Gasteiger partial charge in [-0.25, -0.2) is 0 Å². The Balaban J connectivity index is 0. The SMILES string of the molecule is CCCCCCCCCCCCCCCCCCCCCC(=O)OC(CCCCCCCCCCCCCC)CCCCCCCCCCCCCCCCC.CCCCCCCCCCCCCCCCCCCCCCOC(=O)CCCCCCC. The quantitative estimate of drug-likeness (QED) is 0.0450. The summed E-state index contributed by atoms with van der Waals surface area (Å²) < 4.78 is 11.5. The molecule has 0 aliphatic carbocycles. The molecule has 0 rings (SSSR count). The summed E-state index contributed by atoms with van der Waals surface area (Å²) in [5, 5.41) is 0. The van der Waals surface area contributed by atoms with E-state index in [1.807, 2.05) is 0 Å². The molecule has 0 amide bonds. The Bertz CT molecular complexity index is 1230. The fourth-order valence-corrected chi connectivity index (χ4v) is 13.3. The van der Waals surface area contributed by atoms with E-state index in [2.05, 4.69) is 34.6 Å². The highest BCUT2D eigenvalue weighted by atomic mass is 16.5. The van der Waals surface area contributed by atoms with Crippen LogP contribution >= 0.6 is 0 Å². The Kier molecular flexibility index (Phi) is 84.9. The molecule has 0 saturated heterocycles. The molecule has 0 aromatic carbocycles. The molecule has 0 N–H and O–H groups in total. The van der Waals surface area contributed by atoms with E-state index in [9.17, 15) is 9.59 Å². The Labute approximate surface area is 557 Å². The number of rotatable bonds is 77. The number of hydrogen-bond donors (Lipinski definition) is 0. The van der Waals surface area contributed by atoms with Crippen LogP contribution in [0.3, 0.4) is 0 Å². The van der Waals surface area contributed by atoms with Crippen molar-refractivity contribution in [2.24, 2.45) is 0 Å². The van der Waals surface area contributed by atoms with Crippen LogP contribution in [0.2, 0.25) is 0 Å². The molecule has 0 fully saturated rings. The van der Waals surface area contributed by atoms with Gasteiger partial charge >= 0.3 is 11.9 Å². The standard InChI is InChI=1S/C54H108O2.C30H60O2/c1-4-7-10-13-16-19-22-25-27-28-29-30-32-34-37-40-43-46-49-52-54(55)56-53(50-47-44-41-38-35-24-21-18-15-12-9-6-3)51-48-45-42-39-36-33-31-26-23-20-17-14-11-8-5-2;1-3-5-7-9-10-11-12-13-14-15-16-17-18-19-20-21-22-23-25-27-29-32-30(31)28-26-24-8-6-4-2/h53H,4-52H2,1-3H3;3-29H2,1-2H3. The largest absolute Gasteiger partial charge is 0.466 e. The molecule has 1 atom stereocenters. The third kappa shape index (κ3) is 83.0. The summed E-state index contributed by atoms with van der Waals surface area (Å²) in [6, 6.07) is 0. The van der Waals surface area contributed by atoms with Crippen LogP contribution < -0.4 is 0 Å². The van der Waals surface area contributed by atoms with Crippen LogP contribution in [0.5, 0.6) is 0 Å². The highest BCUT2D eigenvalue weighted by molar-refractivity contribution is 5.69. The fourth-order valence-electron chi connectivity index (χ4n) is 13.3. The molecule has 0 aromatic rings. The van der Waals surface area contributed by atoms with Crippen molar-refractivity contribution < 1.29 is 19.1 Å². The molecular formula is C84H168O4. The molecule has 0 radical (unpaired) electrons. The van der Waals surface area contributed by atoms with Gasteiger partial charge in [-0.05, 0) is 44.9 Å². The maximum absolute atomic E-state index is 12.9. The van der Waals surface area contributed by atoms with E-state index in [-0.39, 0.29) is 18.0 Å². The summed E-state index contributed by atoms with van der Waals surface area (Å²) >= 11 is 0. The zero-order chi connectivity index (χ0) is 63.9. The van der Waals surface area contributed by atoms with E-state index >= 15 is 0 Å². The van der Waals surface area contributed by atoms with Crippen molar-refractivity contribution in [3.8, 4) is 0 Å². The van der Waals surface area contributed by atoms with Crippen LogP contribution in [-0.4, -0.2) is 24.6 Å². The molecule has 0 aliphatic rings. The number of ether oxygens (including phenoxy) is 2. The van der Waals surface area contributed by atoms with Crippen LogP contribution in [0.15, 0.2) is 0 Å². The van der Waals surface area contributed by atoms with Crippen molar-refractivity contribution >= 4 is 11.9 Å². The van der Waals surface area contributed by atoms with Crippen molar-refractivity contribution in [2.45, 2.75) is 522 Å². The van der Waals surface area contributed by atoms with Crippen LogP contribution in [-0.2, 0) is 19.1 Å². The summed E-state index contributed by atoms with van der Waals surface area (Å²) in [7, 11) is 0. The van der Waals surface area contributed by atoms with Gasteiger partial charge in [0.05, 0.1) is 6.61 Å². The van der Waals surface area contributed by atoms with Gasteiger partial charge in [0.1, 0.15) is 6.10 Å². The molecule has 0 aromatic heterocycles. The Morgan fingerprint density at radius 2 is 0.352 bits per heavy atom. The molecule has 0 spiro atoms. The van der Waals surface area contributed by atoms with Crippen molar-refractivity contribution in [3.05, 3.63) is 0 Å². The summed E-state index contributed by atoms with van der Waals surface area (Å²) in [5.74, 6) is 0.0983. The zero-order valence-corrected chi connectivity index (χ0v) is 62.0. The number of carbonyl (C=O) groups excluding carboxylic acids is 2. The van der Waals surface area contributed by atoms with E-state index in [1.54, 1.807) is 0 Å². The maximum atomic E-state index is 12.9. The highest BCUT2D eigenvalue weighted by Gasteiger charge is 2.15. The lowest BCUT2D eigenvalue weighted by atomic mass is 10.0. The van der Waals surface area contributed by atoms with E-state index < -0.39 is 0 Å². The molecular weight excluding hydrogens is 1070 g/mol. The third-order valence-corrected chi connectivity index (χ3v) is 19.5.